The number of aryl methyl sites for hydroxylation is 1. The molecule has 2 aromatic rings. The Hall–Kier alpha value is -2.41. The van der Waals surface area contributed by atoms with Gasteiger partial charge in [-0.25, -0.2) is 19.9 Å². The van der Waals surface area contributed by atoms with Gasteiger partial charge in [-0.3, -0.25) is 9.69 Å². The molecule has 0 aliphatic carbocycles. The molecule has 2 aliphatic heterocycles. The maximum Gasteiger partial charge on any atom is 0.219 e. The Morgan fingerprint density at radius 2 is 1.96 bits per heavy atom. The van der Waals surface area contributed by atoms with Crippen molar-refractivity contribution in [3.63, 3.8) is 0 Å². The minimum absolute atomic E-state index is 0.115. The van der Waals surface area contributed by atoms with E-state index in [2.05, 4.69) is 21.8 Å². The Kier molecular flexibility index (Phi) is 5.62. The number of hydrogen-bond acceptors (Lipinski definition) is 6. The minimum atomic E-state index is 0.115. The first-order valence-corrected chi connectivity index (χ1v) is 10.3. The van der Waals surface area contributed by atoms with E-state index in [4.69, 9.17) is 9.97 Å². The first-order valence-electron chi connectivity index (χ1n) is 10.3. The number of amides is 1. The third kappa shape index (κ3) is 4.04. The summed E-state index contributed by atoms with van der Waals surface area (Å²) in [6, 6.07) is 0.232. The molecule has 1 amide bonds. The second kappa shape index (κ2) is 8.31. The van der Waals surface area contributed by atoms with Crippen molar-refractivity contribution in [2.75, 3.05) is 13.1 Å². The van der Waals surface area contributed by atoms with Crippen LogP contribution < -0.4 is 0 Å². The second-order valence-corrected chi connectivity index (χ2v) is 7.73. The van der Waals surface area contributed by atoms with Gasteiger partial charge in [-0.15, -0.1) is 0 Å². The van der Waals surface area contributed by atoms with E-state index in [1.165, 1.54) is 12.8 Å². The van der Waals surface area contributed by atoms with E-state index in [1.54, 1.807) is 6.92 Å². The Morgan fingerprint density at radius 3 is 2.71 bits per heavy atom. The van der Waals surface area contributed by atoms with Gasteiger partial charge in [0.05, 0.1) is 11.7 Å². The summed E-state index contributed by atoms with van der Waals surface area (Å²) in [6.45, 7) is 6.93. The molecule has 148 valence electrons. The van der Waals surface area contributed by atoms with E-state index in [-0.39, 0.29) is 11.9 Å². The van der Waals surface area contributed by atoms with Gasteiger partial charge in [0.2, 0.25) is 5.91 Å². The topological polar surface area (TPSA) is 75.1 Å². The van der Waals surface area contributed by atoms with Gasteiger partial charge in [-0.05, 0) is 19.4 Å². The minimum Gasteiger partial charge on any atom is -0.338 e. The van der Waals surface area contributed by atoms with Crippen molar-refractivity contribution < 1.29 is 4.79 Å². The van der Waals surface area contributed by atoms with Crippen LogP contribution in [0, 0.1) is 0 Å². The predicted octanol–water partition coefficient (Wildman–Crippen LogP) is 2.46. The molecular formula is C21H28N6O. The molecule has 4 heterocycles. The van der Waals surface area contributed by atoms with Gasteiger partial charge in [0.25, 0.3) is 0 Å². The number of carbonyl (C=O) groups excluding carboxylic acids is 1. The van der Waals surface area contributed by atoms with Crippen molar-refractivity contribution in [2.45, 2.75) is 65.1 Å². The molecule has 1 atom stereocenters. The summed E-state index contributed by atoms with van der Waals surface area (Å²) in [5.74, 6) is 1.92. The van der Waals surface area contributed by atoms with Crippen LogP contribution in [-0.4, -0.2) is 48.7 Å². The van der Waals surface area contributed by atoms with Crippen LogP contribution in [0.3, 0.4) is 0 Å². The molecule has 2 aromatic heterocycles. The van der Waals surface area contributed by atoms with Gasteiger partial charge >= 0.3 is 0 Å². The predicted molar refractivity (Wildman–Crippen MR) is 105 cm³/mol. The number of carbonyl (C=O) groups is 1. The normalized spacial score (nSPS) is 20.1. The van der Waals surface area contributed by atoms with Gasteiger partial charge < -0.3 is 4.90 Å². The van der Waals surface area contributed by atoms with Gasteiger partial charge in [0.15, 0.2) is 0 Å². The molecule has 7 heteroatoms. The summed E-state index contributed by atoms with van der Waals surface area (Å²) >= 11 is 0. The first-order chi connectivity index (χ1) is 13.6. The molecule has 2 aliphatic rings. The Labute approximate surface area is 166 Å². The number of likely N-dealkylation sites (tertiary alicyclic amines) is 1. The highest BCUT2D eigenvalue weighted by Gasteiger charge is 2.28. The average molecular weight is 380 g/mol. The van der Waals surface area contributed by atoms with E-state index in [0.717, 1.165) is 67.4 Å². The Morgan fingerprint density at radius 1 is 1.14 bits per heavy atom. The molecule has 1 saturated heterocycles. The van der Waals surface area contributed by atoms with E-state index in [0.29, 0.717) is 6.54 Å². The fourth-order valence-corrected chi connectivity index (χ4v) is 4.11. The van der Waals surface area contributed by atoms with Crippen LogP contribution in [0.5, 0.6) is 0 Å². The summed E-state index contributed by atoms with van der Waals surface area (Å²) in [4.78, 5) is 34.5. The van der Waals surface area contributed by atoms with Crippen LogP contribution in [0.25, 0.3) is 0 Å². The molecule has 4 rings (SSSR count). The van der Waals surface area contributed by atoms with Crippen LogP contribution in [0.4, 0.5) is 0 Å². The quantitative estimate of drug-likeness (QED) is 0.811. The lowest BCUT2D eigenvalue weighted by Gasteiger charge is -2.35. The van der Waals surface area contributed by atoms with Gasteiger partial charge in [0, 0.05) is 69.1 Å². The molecule has 0 N–H and O–H groups in total. The van der Waals surface area contributed by atoms with Crippen molar-refractivity contribution >= 4 is 5.91 Å². The third-order valence-electron chi connectivity index (χ3n) is 5.77. The molecule has 1 unspecified atom stereocenters. The molecular weight excluding hydrogens is 352 g/mol. The average Bonchev–Trinajstić information content (AvgIpc) is 2.74. The SMILES string of the molecule is CCc1ncc(CN2CCCCC2c2ncc3c(n2)CCN(C(C)=O)C3)cn1. The lowest BCUT2D eigenvalue weighted by Crippen LogP contribution is -2.37. The molecule has 28 heavy (non-hydrogen) atoms. The fourth-order valence-electron chi connectivity index (χ4n) is 4.11. The van der Waals surface area contributed by atoms with Gasteiger partial charge in [-0.1, -0.05) is 13.3 Å². The zero-order chi connectivity index (χ0) is 19.5. The highest BCUT2D eigenvalue weighted by atomic mass is 16.2. The Balaban J connectivity index is 1.52. The molecule has 0 saturated carbocycles. The molecule has 0 aromatic carbocycles. The maximum absolute atomic E-state index is 11.6. The molecule has 7 nitrogen and oxygen atoms in total. The highest BCUT2D eigenvalue weighted by Crippen LogP contribution is 2.31. The number of aromatic nitrogens is 4. The molecule has 0 bridgehead atoms. The lowest BCUT2D eigenvalue weighted by atomic mass is 10.00. The summed E-state index contributed by atoms with van der Waals surface area (Å²) < 4.78 is 0. The summed E-state index contributed by atoms with van der Waals surface area (Å²) in [6.07, 6.45) is 11.0. The third-order valence-corrected chi connectivity index (χ3v) is 5.77. The van der Waals surface area contributed by atoms with E-state index in [1.807, 2.05) is 23.5 Å². The van der Waals surface area contributed by atoms with Crippen molar-refractivity contribution in [3.8, 4) is 0 Å². The number of hydrogen-bond donors (Lipinski definition) is 0. The second-order valence-electron chi connectivity index (χ2n) is 7.73. The largest absolute Gasteiger partial charge is 0.338 e. The molecule has 0 radical (unpaired) electrons. The fraction of sp³-hybridized carbons (Fsp3) is 0.571. The van der Waals surface area contributed by atoms with Crippen molar-refractivity contribution in [1.82, 2.24) is 29.7 Å². The van der Waals surface area contributed by atoms with Crippen molar-refractivity contribution in [2.24, 2.45) is 0 Å². The maximum atomic E-state index is 11.6. The molecule has 1 fully saturated rings. The highest BCUT2D eigenvalue weighted by molar-refractivity contribution is 5.73. The van der Waals surface area contributed by atoms with Crippen LogP contribution in [0.15, 0.2) is 18.6 Å². The zero-order valence-electron chi connectivity index (χ0n) is 16.8. The van der Waals surface area contributed by atoms with Crippen LogP contribution in [0.1, 0.15) is 67.6 Å². The summed E-state index contributed by atoms with van der Waals surface area (Å²) in [7, 11) is 0. The lowest BCUT2D eigenvalue weighted by molar-refractivity contribution is -0.129. The van der Waals surface area contributed by atoms with Crippen LogP contribution in [-0.2, 0) is 30.7 Å². The van der Waals surface area contributed by atoms with E-state index < -0.39 is 0 Å². The first kappa shape index (κ1) is 18.9. The monoisotopic (exact) mass is 380 g/mol. The van der Waals surface area contributed by atoms with E-state index >= 15 is 0 Å². The smallest absolute Gasteiger partial charge is 0.219 e. The Bertz CT molecular complexity index is 837. The number of piperidine rings is 1. The van der Waals surface area contributed by atoms with E-state index in [9.17, 15) is 4.79 Å². The zero-order valence-corrected chi connectivity index (χ0v) is 16.8. The standard InChI is InChI=1S/C21H28N6O/c1-3-20-22-10-16(11-23-20)13-27-8-5-4-6-19(27)21-24-12-17-14-26(15(2)28)9-7-18(17)25-21/h10-12,19H,3-9,13-14H2,1-2H3. The van der Waals surface area contributed by atoms with Crippen LogP contribution >= 0.6 is 0 Å². The van der Waals surface area contributed by atoms with Crippen molar-refractivity contribution in [3.05, 3.63) is 47.1 Å². The molecule has 0 spiro atoms. The van der Waals surface area contributed by atoms with Crippen molar-refractivity contribution in [1.29, 1.82) is 0 Å². The number of nitrogens with zero attached hydrogens (tertiary/aromatic N) is 6. The van der Waals surface area contributed by atoms with Gasteiger partial charge in [-0.2, -0.15) is 0 Å². The summed E-state index contributed by atoms with van der Waals surface area (Å²) in [5.41, 5.74) is 3.32. The number of fused-ring (bicyclic) bond motifs is 1. The van der Waals surface area contributed by atoms with Crippen LogP contribution in [0.2, 0.25) is 0 Å². The van der Waals surface area contributed by atoms with Gasteiger partial charge in [0.1, 0.15) is 11.6 Å². The number of rotatable bonds is 4. The summed E-state index contributed by atoms with van der Waals surface area (Å²) in [5, 5.41) is 0.